The summed E-state index contributed by atoms with van der Waals surface area (Å²) in [6, 6.07) is 10.4. The van der Waals surface area contributed by atoms with Crippen LogP contribution in [0.5, 0.6) is 23.0 Å². The summed E-state index contributed by atoms with van der Waals surface area (Å²) in [4.78, 5) is 47.0. The SMILES string of the molecule is C=C(C)C(=O)OCCOc1ccc(/C=C/c2ccc(OCCOC(=O)C(C)C)cc2OCCOC(=O)C(=C)C)c(OCCOC(=O)C(=C)C)c1. The molecule has 2 rings (SSSR count). The van der Waals surface area contributed by atoms with Crippen LogP contribution in [0.15, 0.2) is 72.9 Å². The number of benzene rings is 2. The summed E-state index contributed by atoms with van der Waals surface area (Å²) in [5, 5.41) is 0. The molecule has 0 saturated heterocycles. The van der Waals surface area contributed by atoms with Crippen LogP contribution in [0.4, 0.5) is 0 Å². The van der Waals surface area contributed by atoms with Crippen LogP contribution in [0.25, 0.3) is 12.2 Å². The van der Waals surface area contributed by atoms with Crippen LogP contribution in [0, 0.1) is 5.92 Å². The Morgan fingerprint density at radius 3 is 1.22 bits per heavy atom. The van der Waals surface area contributed by atoms with E-state index in [1.54, 1.807) is 83.2 Å². The van der Waals surface area contributed by atoms with Gasteiger partial charge in [0, 0.05) is 40.0 Å². The highest BCUT2D eigenvalue weighted by atomic mass is 16.6. The maximum atomic E-state index is 11.8. The monoisotopic (exact) mass is 694 g/mol. The molecule has 0 bridgehead atoms. The number of rotatable bonds is 22. The zero-order valence-corrected chi connectivity index (χ0v) is 29.4. The lowest BCUT2D eigenvalue weighted by atomic mass is 10.1. The fourth-order valence-corrected chi connectivity index (χ4v) is 3.62. The van der Waals surface area contributed by atoms with Crippen molar-refractivity contribution in [3.8, 4) is 23.0 Å². The topological polar surface area (TPSA) is 142 Å². The van der Waals surface area contributed by atoms with E-state index >= 15 is 0 Å². The third kappa shape index (κ3) is 15.1. The number of hydrogen-bond acceptors (Lipinski definition) is 12. The van der Waals surface area contributed by atoms with Crippen LogP contribution in [0.1, 0.15) is 45.7 Å². The van der Waals surface area contributed by atoms with Gasteiger partial charge in [-0.1, -0.05) is 45.7 Å². The zero-order valence-electron chi connectivity index (χ0n) is 29.4. The van der Waals surface area contributed by atoms with Crippen molar-refractivity contribution in [2.75, 3.05) is 52.9 Å². The van der Waals surface area contributed by atoms with E-state index in [0.29, 0.717) is 34.1 Å². The van der Waals surface area contributed by atoms with Gasteiger partial charge >= 0.3 is 23.9 Å². The molecule has 0 aliphatic heterocycles. The second kappa shape index (κ2) is 21.5. The summed E-state index contributed by atoms with van der Waals surface area (Å²) in [6.45, 7) is 19.3. The van der Waals surface area contributed by atoms with Crippen molar-refractivity contribution in [2.45, 2.75) is 34.6 Å². The first kappa shape index (κ1) is 40.7. The molecule has 0 N–H and O–H groups in total. The van der Waals surface area contributed by atoms with E-state index < -0.39 is 17.9 Å². The first-order valence-corrected chi connectivity index (χ1v) is 15.9. The van der Waals surface area contributed by atoms with Crippen molar-refractivity contribution in [3.63, 3.8) is 0 Å². The summed E-state index contributed by atoms with van der Waals surface area (Å²) in [7, 11) is 0. The highest BCUT2D eigenvalue weighted by molar-refractivity contribution is 5.87. The van der Waals surface area contributed by atoms with Crippen LogP contribution in [-0.2, 0) is 38.1 Å². The molecule has 0 unspecified atom stereocenters. The molecule has 0 aromatic heterocycles. The highest BCUT2D eigenvalue weighted by Crippen LogP contribution is 2.30. The van der Waals surface area contributed by atoms with E-state index in [1.807, 2.05) is 0 Å². The number of ether oxygens (including phenoxy) is 8. The summed E-state index contributed by atoms with van der Waals surface area (Å²) >= 11 is 0. The molecule has 50 heavy (non-hydrogen) atoms. The molecular formula is C38H46O12. The van der Waals surface area contributed by atoms with Gasteiger partial charge in [0.2, 0.25) is 0 Å². The third-order valence-corrected chi connectivity index (χ3v) is 6.26. The van der Waals surface area contributed by atoms with E-state index in [2.05, 4.69) is 19.7 Å². The Kier molecular flexibility index (Phi) is 17.4. The fraction of sp³-hybridized carbons (Fsp3) is 0.368. The molecule has 0 aliphatic carbocycles. The zero-order chi connectivity index (χ0) is 37.1. The van der Waals surface area contributed by atoms with E-state index in [4.69, 9.17) is 37.9 Å². The van der Waals surface area contributed by atoms with Gasteiger partial charge in [0.25, 0.3) is 0 Å². The average Bonchev–Trinajstić information content (AvgIpc) is 3.08. The summed E-state index contributed by atoms with van der Waals surface area (Å²) in [5.74, 6) is -0.335. The van der Waals surface area contributed by atoms with Crippen LogP contribution in [0.2, 0.25) is 0 Å². The average molecular weight is 695 g/mol. The predicted molar refractivity (Wildman–Crippen MR) is 187 cm³/mol. The lowest BCUT2D eigenvalue weighted by Crippen LogP contribution is -2.16. The largest absolute Gasteiger partial charge is 0.490 e. The van der Waals surface area contributed by atoms with Gasteiger partial charge in [-0.05, 0) is 45.0 Å². The van der Waals surface area contributed by atoms with Crippen LogP contribution >= 0.6 is 0 Å². The molecule has 12 nitrogen and oxygen atoms in total. The third-order valence-electron chi connectivity index (χ3n) is 6.26. The van der Waals surface area contributed by atoms with E-state index in [9.17, 15) is 19.2 Å². The van der Waals surface area contributed by atoms with Gasteiger partial charge in [-0.3, -0.25) is 4.79 Å². The molecule has 0 heterocycles. The van der Waals surface area contributed by atoms with Crippen LogP contribution < -0.4 is 18.9 Å². The quantitative estimate of drug-likeness (QED) is 0.0474. The molecule has 0 fully saturated rings. The highest BCUT2D eigenvalue weighted by Gasteiger charge is 2.12. The first-order chi connectivity index (χ1) is 23.8. The Hall–Kier alpha value is -5.52. The van der Waals surface area contributed by atoms with Crippen molar-refractivity contribution in [1.29, 1.82) is 0 Å². The second-order valence-corrected chi connectivity index (χ2v) is 11.2. The molecule has 12 heteroatoms. The van der Waals surface area contributed by atoms with Gasteiger partial charge in [0.15, 0.2) is 0 Å². The molecule has 0 radical (unpaired) electrons. The van der Waals surface area contributed by atoms with E-state index in [-0.39, 0.29) is 81.5 Å². The smallest absolute Gasteiger partial charge is 0.333 e. The predicted octanol–water partition coefficient (Wildman–Crippen LogP) is 5.93. The molecule has 0 spiro atoms. The molecule has 2 aromatic rings. The fourth-order valence-electron chi connectivity index (χ4n) is 3.62. The maximum Gasteiger partial charge on any atom is 0.333 e. The Morgan fingerprint density at radius 2 is 0.880 bits per heavy atom. The Bertz CT molecular complexity index is 1550. The van der Waals surface area contributed by atoms with Gasteiger partial charge in [-0.25, -0.2) is 14.4 Å². The normalized spacial score (nSPS) is 10.6. The van der Waals surface area contributed by atoms with Gasteiger partial charge < -0.3 is 37.9 Å². The molecular weight excluding hydrogens is 648 g/mol. The van der Waals surface area contributed by atoms with Crippen molar-refractivity contribution >= 4 is 36.0 Å². The minimum absolute atomic E-state index is 0.00706. The lowest BCUT2D eigenvalue weighted by Gasteiger charge is -2.14. The summed E-state index contributed by atoms with van der Waals surface area (Å²) in [5.41, 5.74) is 2.16. The van der Waals surface area contributed by atoms with Crippen molar-refractivity contribution in [2.24, 2.45) is 5.92 Å². The molecule has 270 valence electrons. The van der Waals surface area contributed by atoms with Gasteiger partial charge in [-0.2, -0.15) is 0 Å². The number of carbonyl (C=O) groups is 4. The van der Waals surface area contributed by atoms with Crippen molar-refractivity contribution < 1.29 is 57.1 Å². The van der Waals surface area contributed by atoms with Crippen molar-refractivity contribution in [3.05, 3.63) is 84.0 Å². The Balaban J connectivity index is 2.26. The second-order valence-electron chi connectivity index (χ2n) is 11.2. The van der Waals surface area contributed by atoms with E-state index in [1.165, 1.54) is 0 Å². The summed E-state index contributed by atoms with van der Waals surface area (Å²) in [6.07, 6.45) is 3.59. The van der Waals surface area contributed by atoms with Crippen LogP contribution in [-0.4, -0.2) is 76.7 Å². The van der Waals surface area contributed by atoms with Gasteiger partial charge in [0.05, 0.1) is 5.92 Å². The minimum atomic E-state index is -0.527. The molecule has 0 atom stereocenters. The number of carbonyl (C=O) groups excluding carboxylic acids is 4. The number of esters is 4. The summed E-state index contributed by atoms with van der Waals surface area (Å²) < 4.78 is 44.0. The molecule has 0 amide bonds. The van der Waals surface area contributed by atoms with E-state index in [0.717, 1.165) is 0 Å². The molecule has 0 saturated carbocycles. The standard InChI is InChI=1S/C38H46O12/c1-25(2)35(39)47-19-15-43-31-13-11-29(33(23-31)45-17-21-49-37(41)27(5)6)9-10-30-12-14-32(44-16-20-48-36(40)26(3)4)24-34(30)46-18-22-50-38(42)28(7)8/h9-14,23-24,26H,1,5,7,15-22H2,2-4,6,8H3/b10-9+. The Morgan fingerprint density at radius 1 is 0.540 bits per heavy atom. The van der Waals surface area contributed by atoms with Gasteiger partial charge in [-0.15, -0.1) is 0 Å². The molecule has 0 aliphatic rings. The van der Waals surface area contributed by atoms with Gasteiger partial charge in [0.1, 0.15) is 75.9 Å². The lowest BCUT2D eigenvalue weighted by molar-refractivity contribution is -0.148. The van der Waals surface area contributed by atoms with Crippen LogP contribution in [0.3, 0.4) is 0 Å². The van der Waals surface area contributed by atoms with Crippen molar-refractivity contribution in [1.82, 2.24) is 0 Å². The number of hydrogen-bond donors (Lipinski definition) is 0. The first-order valence-electron chi connectivity index (χ1n) is 15.9. The Labute approximate surface area is 293 Å². The molecule has 2 aromatic carbocycles. The maximum absolute atomic E-state index is 11.8. The minimum Gasteiger partial charge on any atom is -0.490 e.